The molecule has 0 spiro atoms. The zero-order chi connectivity index (χ0) is 16.4. The Hall–Kier alpha value is -1.93. The molecule has 2 aromatic heterocycles. The van der Waals surface area contributed by atoms with E-state index in [1.165, 1.54) is 0 Å². The largest absolute Gasteiger partial charge is 0.391 e. The van der Waals surface area contributed by atoms with Crippen LogP contribution in [0.1, 0.15) is 25.7 Å². The molecule has 0 saturated heterocycles. The summed E-state index contributed by atoms with van der Waals surface area (Å²) in [4.78, 5) is 17.3. The number of halogens is 1. The van der Waals surface area contributed by atoms with Gasteiger partial charge in [-0.15, -0.1) is 0 Å². The van der Waals surface area contributed by atoms with Gasteiger partial charge in [-0.2, -0.15) is 9.97 Å². The van der Waals surface area contributed by atoms with Gasteiger partial charge in [0.05, 0.1) is 12.1 Å². The summed E-state index contributed by atoms with van der Waals surface area (Å²) in [7, 11) is 3.51. The maximum Gasteiger partial charge on any atom is 0.225 e. The lowest BCUT2D eigenvalue weighted by Crippen LogP contribution is -2.36. The number of hydrogen-bond acceptors (Lipinski definition) is 8. The van der Waals surface area contributed by atoms with Gasteiger partial charge in [0.2, 0.25) is 11.2 Å². The van der Waals surface area contributed by atoms with Crippen LogP contribution in [0.3, 0.4) is 0 Å². The summed E-state index contributed by atoms with van der Waals surface area (Å²) in [5.74, 6) is 1.53. The Labute approximate surface area is 139 Å². The molecule has 1 aliphatic rings. The number of hydrogen-bond donors (Lipinski definition) is 4. The van der Waals surface area contributed by atoms with Crippen molar-refractivity contribution >= 4 is 40.2 Å². The number of nitrogens with zero attached hydrogens (tertiary/aromatic N) is 4. The predicted octanol–water partition coefficient (Wildman–Crippen LogP) is 1.87. The molecule has 8 nitrogen and oxygen atoms in total. The van der Waals surface area contributed by atoms with E-state index in [0.29, 0.717) is 28.6 Å². The highest BCUT2D eigenvalue weighted by Gasteiger charge is 2.24. The minimum atomic E-state index is -0.383. The van der Waals surface area contributed by atoms with Gasteiger partial charge in [-0.3, -0.25) is 0 Å². The molecule has 1 saturated carbocycles. The van der Waals surface area contributed by atoms with E-state index in [9.17, 15) is 5.11 Å². The molecule has 0 aromatic carbocycles. The Kier molecular flexibility index (Phi) is 4.63. The van der Waals surface area contributed by atoms with E-state index in [4.69, 9.17) is 11.6 Å². The molecular weight excluding hydrogens is 318 g/mol. The van der Waals surface area contributed by atoms with E-state index in [2.05, 4.69) is 35.9 Å². The molecule has 2 aromatic rings. The van der Waals surface area contributed by atoms with Gasteiger partial charge in [-0.05, 0) is 24.4 Å². The number of aliphatic hydroxyl groups is 1. The highest BCUT2D eigenvalue weighted by Crippen LogP contribution is 2.27. The molecule has 9 heteroatoms. The van der Waals surface area contributed by atoms with Crippen molar-refractivity contribution in [3.63, 3.8) is 0 Å². The van der Waals surface area contributed by atoms with Crippen LogP contribution in [0.15, 0.2) is 0 Å². The average Bonchev–Trinajstić information content (AvgIpc) is 2.56. The Morgan fingerprint density at radius 2 is 1.61 bits per heavy atom. The summed E-state index contributed by atoms with van der Waals surface area (Å²) in [6.45, 7) is 0. The smallest absolute Gasteiger partial charge is 0.225 e. The second-order valence-corrected chi connectivity index (χ2v) is 5.87. The fraction of sp³-hybridized carbons (Fsp3) is 0.571. The Morgan fingerprint density at radius 3 is 2.30 bits per heavy atom. The van der Waals surface area contributed by atoms with Gasteiger partial charge in [0.15, 0.2) is 11.6 Å². The lowest BCUT2D eigenvalue weighted by Gasteiger charge is -2.28. The third-order valence-electron chi connectivity index (χ3n) is 4.03. The molecular formula is C14H20ClN7O. The topological polar surface area (TPSA) is 108 Å². The summed E-state index contributed by atoms with van der Waals surface area (Å²) in [6.07, 6.45) is 3.45. The fourth-order valence-electron chi connectivity index (χ4n) is 2.85. The Morgan fingerprint density at radius 1 is 0.957 bits per heavy atom. The van der Waals surface area contributed by atoms with Crippen molar-refractivity contribution in [2.45, 2.75) is 37.8 Å². The van der Waals surface area contributed by atoms with Crippen LogP contribution >= 0.6 is 11.6 Å². The zero-order valence-corrected chi connectivity index (χ0v) is 13.9. The van der Waals surface area contributed by atoms with Crippen molar-refractivity contribution in [3.05, 3.63) is 5.28 Å². The highest BCUT2D eigenvalue weighted by atomic mass is 35.5. The zero-order valence-electron chi connectivity index (χ0n) is 13.1. The van der Waals surface area contributed by atoms with Crippen molar-refractivity contribution in [1.82, 2.24) is 19.9 Å². The third-order valence-corrected chi connectivity index (χ3v) is 4.20. The number of aliphatic hydroxyl groups excluding tert-OH is 1. The molecule has 2 heterocycles. The van der Waals surface area contributed by atoms with E-state index in [1.807, 2.05) is 0 Å². The van der Waals surface area contributed by atoms with Crippen LogP contribution in [0.4, 0.5) is 17.6 Å². The first-order chi connectivity index (χ1) is 11.1. The summed E-state index contributed by atoms with van der Waals surface area (Å²) in [5.41, 5.74) is 1.12. The first-order valence-electron chi connectivity index (χ1n) is 7.67. The van der Waals surface area contributed by atoms with Crippen LogP contribution in [0.25, 0.3) is 11.0 Å². The van der Waals surface area contributed by atoms with E-state index in [0.717, 1.165) is 25.7 Å². The summed E-state index contributed by atoms with van der Waals surface area (Å²) in [6, 6.07) is -0.0443. The Bertz CT molecular complexity index is 711. The van der Waals surface area contributed by atoms with Crippen LogP contribution in [0.5, 0.6) is 0 Å². The first kappa shape index (κ1) is 15.9. The molecule has 0 amide bonds. The van der Waals surface area contributed by atoms with Gasteiger partial charge >= 0.3 is 0 Å². The van der Waals surface area contributed by atoms with Gasteiger partial charge in [0.25, 0.3) is 0 Å². The molecule has 0 bridgehead atoms. The average molecular weight is 338 g/mol. The van der Waals surface area contributed by atoms with Crippen molar-refractivity contribution in [2.24, 2.45) is 0 Å². The van der Waals surface area contributed by atoms with Crippen molar-refractivity contribution in [2.75, 3.05) is 30.0 Å². The van der Waals surface area contributed by atoms with Gasteiger partial charge in [-0.1, -0.05) is 12.8 Å². The second-order valence-electron chi connectivity index (χ2n) is 5.54. The lowest BCUT2D eigenvalue weighted by atomic mass is 9.93. The van der Waals surface area contributed by atoms with E-state index >= 15 is 0 Å². The minimum Gasteiger partial charge on any atom is -0.391 e. The predicted molar refractivity (Wildman–Crippen MR) is 91.1 cm³/mol. The normalized spacial score (nSPS) is 21.2. The van der Waals surface area contributed by atoms with Crippen LogP contribution in [0, 0.1) is 0 Å². The van der Waals surface area contributed by atoms with Crippen LogP contribution < -0.4 is 16.0 Å². The second kappa shape index (κ2) is 6.67. The van der Waals surface area contributed by atoms with Crippen molar-refractivity contribution < 1.29 is 5.11 Å². The standard InChI is InChI=1S/C14H20ClN7O/c1-16-11-10-9(19-13(15)21-11)12(17-2)22-14(20-10)18-7-5-3-4-6-8(7)23/h7-8,23H,3-6H2,1-2H3,(H,16,19,21)(H2,17,18,20,22)/t7-,8-/m1/s1. The molecule has 124 valence electrons. The van der Waals surface area contributed by atoms with Gasteiger partial charge < -0.3 is 21.1 Å². The molecule has 0 radical (unpaired) electrons. The Balaban J connectivity index is 2.02. The number of rotatable bonds is 4. The number of nitrogens with one attached hydrogen (secondary N) is 3. The van der Waals surface area contributed by atoms with E-state index in [-0.39, 0.29) is 17.4 Å². The molecule has 23 heavy (non-hydrogen) atoms. The number of aromatic nitrogens is 4. The first-order valence-corrected chi connectivity index (χ1v) is 8.05. The van der Waals surface area contributed by atoms with Gasteiger partial charge in [0, 0.05) is 14.1 Å². The van der Waals surface area contributed by atoms with Crippen LogP contribution in [0.2, 0.25) is 5.28 Å². The quantitative estimate of drug-likeness (QED) is 0.626. The molecule has 0 unspecified atom stereocenters. The summed E-state index contributed by atoms with van der Waals surface area (Å²) < 4.78 is 0. The summed E-state index contributed by atoms with van der Waals surface area (Å²) in [5, 5.41) is 19.5. The van der Waals surface area contributed by atoms with Crippen LogP contribution in [-0.2, 0) is 0 Å². The maximum absolute atomic E-state index is 10.1. The number of anilines is 3. The van der Waals surface area contributed by atoms with E-state index in [1.54, 1.807) is 14.1 Å². The molecule has 3 rings (SSSR count). The van der Waals surface area contributed by atoms with Crippen LogP contribution in [-0.4, -0.2) is 51.3 Å². The maximum atomic E-state index is 10.1. The summed E-state index contributed by atoms with van der Waals surface area (Å²) >= 11 is 5.95. The third kappa shape index (κ3) is 3.23. The van der Waals surface area contributed by atoms with Gasteiger partial charge in [0.1, 0.15) is 11.0 Å². The van der Waals surface area contributed by atoms with Crippen molar-refractivity contribution in [3.8, 4) is 0 Å². The fourth-order valence-corrected chi connectivity index (χ4v) is 3.02. The highest BCUT2D eigenvalue weighted by molar-refractivity contribution is 6.29. The molecule has 1 fully saturated rings. The van der Waals surface area contributed by atoms with Gasteiger partial charge in [-0.25, -0.2) is 9.97 Å². The number of fused-ring (bicyclic) bond motifs is 1. The SMILES string of the molecule is CNc1nc(N[C@@H]2CCCC[C@H]2O)nc2c(NC)nc(Cl)nc12. The van der Waals surface area contributed by atoms with Crippen molar-refractivity contribution in [1.29, 1.82) is 0 Å². The minimum absolute atomic E-state index is 0.0443. The molecule has 1 aliphatic carbocycles. The lowest BCUT2D eigenvalue weighted by molar-refractivity contribution is 0.116. The van der Waals surface area contributed by atoms with E-state index < -0.39 is 0 Å². The molecule has 4 N–H and O–H groups in total. The monoisotopic (exact) mass is 337 g/mol. The molecule has 2 atom stereocenters. The molecule has 0 aliphatic heterocycles.